The molecule has 5 fully saturated rings. The van der Waals surface area contributed by atoms with Crippen molar-refractivity contribution in [2.75, 3.05) is 44.3 Å². The first-order valence-electron chi connectivity index (χ1n) is 23.8. The van der Waals surface area contributed by atoms with E-state index in [1.807, 2.05) is 30.3 Å². The van der Waals surface area contributed by atoms with Crippen LogP contribution in [0.4, 0.5) is 0 Å². The summed E-state index contributed by atoms with van der Waals surface area (Å²) in [4.78, 5) is 21.0. The van der Waals surface area contributed by atoms with E-state index in [1.165, 1.54) is 68.9 Å². The molecule has 1 aromatic heterocycles. The van der Waals surface area contributed by atoms with Crippen LogP contribution in [0.3, 0.4) is 0 Å². The molecule has 1 aromatic carbocycles. The molecule has 8 nitrogen and oxygen atoms in total. The molecule has 1 aliphatic heterocycles. The molecule has 61 heavy (non-hydrogen) atoms. The molecule has 1 saturated heterocycles. The van der Waals surface area contributed by atoms with Gasteiger partial charge in [-0.05, 0) is 146 Å². The number of aromatic nitrogens is 1. The van der Waals surface area contributed by atoms with Crippen molar-refractivity contribution in [3.8, 4) is 11.9 Å². The molecule has 0 radical (unpaired) electrons. The molecule has 6 aliphatic carbocycles. The van der Waals surface area contributed by atoms with Crippen molar-refractivity contribution in [1.29, 1.82) is 5.26 Å². The molecule has 0 amide bonds. The second-order valence-corrected chi connectivity index (χ2v) is 23.1. The zero-order valence-corrected chi connectivity index (χ0v) is 38.2. The molecule has 1 N–H and O–H groups in total. The highest BCUT2D eigenvalue weighted by Crippen LogP contribution is 2.72. The maximum atomic E-state index is 14.1. The van der Waals surface area contributed by atoms with Crippen LogP contribution in [0.2, 0.25) is 0 Å². The predicted octanol–water partition coefficient (Wildman–Crippen LogP) is 9.58. The zero-order chi connectivity index (χ0) is 42.5. The standard InChI is InChI=1S/C52H70N4O4S/c1-48(2)41(39-14-23-51(24-15-39,36-60-46-33-38(34-53)19-26-54-46)47(57)59-35-37-9-6-5-7-10-37)16-21-50(4)44(48)18-22-49(3)42-17-25-52(55-27-28-56-29-31-61(58)32-30-56)20-8-11-43(52)40(42)12-13-45(49)50/h5-7,9-10,14,16,19,26,33,40,42-45,55H,8,11-13,15,17-18,20-25,27-32,35-36H2,1-4H3. The Kier molecular flexibility index (Phi) is 12.0. The van der Waals surface area contributed by atoms with Gasteiger partial charge in [0.15, 0.2) is 0 Å². The Balaban J connectivity index is 0.902. The Morgan fingerprint density at radius 2 is 1.74 bits per heavy atom. The van der Waals surface area contributed by atoms with E-state index in [2.05, 4.69) is 61.1 Å². The maximum Gasteiger partial charge on any atom is 0.316 e. The van der Waals surface area contributed by atoms with E-state index in [9.17, 15) is 14.3 Å². The number of fused-ring (bicyclic) bond motifs is 7. The fourth-order valence-corrected chi connectivity index (χ4v) is 16.3. The topological polar surface area (TPSA) is 105 Å². The van der Waals surface area contributed by atoms with Gasteiger partial charge >= 0.3 is 5.97 Å². The van der Waals surface area contributed by atoms with E-state index >= 15 is 0 Å². The van der Waals surface area contributed by atoms with Crippen LogP contribution in [0.5, 0.6) is 5.88 Å². The first-order chi connectivity index (χ1) is 29.4. The van der Waals surface area contributed by atoms with Gasteiger partial charge in [-0.25, -0.2) is 4.98 Å². The summed E-state index contributed by atoms with van der Waals surface area (Å²) in [6, 6.07) is 15.3. The number of esters is 1. The van der Waals surface area contributed by atoms with E-state index in [1.54, 1.807) is 18.3 Å². The van der Waals surface area contributed by atoms with Gasteiger partial charge < -0.3 is 19.7 Å². The summed E-state index contributed by atoms with van der Waals surface area (Å²) in [7, 11) is -0.612. The van der Waals surface area contributed by atoms with Gasteiger partial charge in [0.25, 0.3) is 0 Å². The van der Waals surface area contributed by atoms with E-state index in [4.69, 9.17) is 9.47 Å². The Labute approximate surface area is 368 Å². The molecule has 0 bridgehead atoms. The van der Waals surface area contributed by atoms with E-state index in [0.717, 1.165) is 79.8 Å². The van der Waals surface area contributed by atoms with Crippen LogP contribution in [-0.2, 0) is 26.9 Å². The Bertz CT molecular complexity index is 2070. The largest absolute Gasteiger partial charge is 0.476 e. The minimum Gasteiger partial charge on any atom is -0.476 e. The summed E-state index contributed by atoms with van der Waals surface area (Å²) in [5, 5.41) is 13.7. The van der Waals surface area contributed by atoms with Gasteiger partial charge in [0.2, 0.25) is 5.88 Å². The van der Waals surface area contributed by atoms with Crippen molar-refractivity contribution in [2.45, 2.75) is 123 Å². The van der Waals surface area contributed by atoms with Crippen LogP contribution < -0.4 is 10.1 Å². The first-order valence-corrected chi connectivity index (χ1v) is 25.3. The van der Waals surface area contributed by atoms with Crippen molar-refractivity contribution >= 4 is 16.8 Å². The second kappa shape index (κ2) is 17.0. The lowest BCUT2D eigenvalue weighted by molar-refractivity contribution is -0.175. The second-order valence-electron chi connectivity index (χ2n) is 21.4. The lowest BCUT2D eigenvalue weighted by atomic mass is 9.37. The molecular weight excluding hydrogens is 777 g/mol. The number of ether oxygens (including phenoxy) is 2. The van der Waals surface area contributed by atoms with Crippen LogP contribution >= 0.6 is 0 Å². The minimum absolute atomic E-state index is 0.0312. The predicted molar refractivity (Wildman–Crippen MR) is 242 cm³/mol. The molecule has 9 heteroatoms. The summed E-state index contributed by atoms with van der Waals surface area (Å²) in [6.07, 6.45) is 21.9. The summed E-state index contributed by atoms with van der Waals surface area (Å²) in [6.45, 7) is 15.0. The summed E-state index contributed by atoms with van der Waals surface area (Å²) < 4.78 is 24.2. The van der Waals surface area contributed by atoms with Crippen LogP contribution in [0, 0.1) is 62.6 Å². The molecule has 2 heterocycles. The number of rotatable bonds is 11. The fraction of sp³-hybridized carbons (Fsp3) is 0.673. The minimum atomic E-state index is -0.843. The van der Waals surface area contributed by atoms with Crippen molar-refractivity contribution in [3.63, 3.8) is 0 Å². The van der Waals surface area contributed by atoms with Crippen molar-refractivity contribution in [2.24, 2.45) is 51.2 Å². The number of carbonyl (C=O) groups excluding carboxylic acids is 1. The van der Waals surface area contributed by atoms with Crippen molar-refractivity contribution in [1.82, 2.24) is 15.2 Å². The number of benzene rings is 1. The number of nitriles is 1. The lowest BCUT2D eigenvalue weighted by Gasteiger charge is -2.68. The van der Waals surface area contributed by atoms with Crippen LogP contribution in [0.15, 0.2) is 72.0 Å². The van der Waals surface area contributed by atoms with Gasteiger partial charge in [0, 0.05) is 66.3 Å². The summed E-state index contributed by atoms with van der Waals surface area (Å²) in [5.74, 6) is 5.63. The number of pyridine rings is 1. The van der Waals surface area contributed by atoms with Crippen LogP contribution in [0.1, 0.15) is 122 Å². The van der Waals surface area contributed by atoms with E-state index in [-0.39, 0.29) is 30.0 Å². The number of allylic oxidation sites excluding steroid dienone is 4. The molecule has 9 atom stereocenters. The van der Waals surface area contributed by atoms with Gasteiger partial charge in [0.1, 0.15) is 18.6 Å². The van der Waals surface area contributed by atoms with E-state index < -0.39 is 16.2 Å². The number of hydrogen-bond acceptors (Lipinski definition) is 8. The van der Waals surface area contributed by atoms with Gasteiger partial charge in [-0.1, -0.05) is 76.6 Å². The molecular formula is C52H70N4O4S. The molecule has 4 saturated carbocycles. The molecule has 9 rings (SSSR count). The third kappa shape index (κ3) is 7.88. The number of carbonyl (C=O) groups is 1. The van der Waals surface area contributed by atoms with Crippen molar-refractivity contribution in [3.05, 3.63) is 83.1 Å². The van der Waals surface area contributed by atoms with E-state index in [0.29, 0.717) is 41.2 Å². The van der Waals surface area contributed by atoms with Crippen molar-refractivity contribution < 1.29 is 18.5 Å². The van der Waals surface area contributed by atoms with Gasteiger partial charge in [-0.2, -0.15) is 5.26 Å². The smallest absolute Gasteiger partial charge is 0.316 e. The monoisotopic (exact) mass is 847 g/mol. The molecule has 2 aromatic rings. The number of nitrogens with zero attached hydrogens (tertiary/aromatic N) is 3. The summed E-state index contributed by atoms with van der Waals surface area (Å²) in [5.41, 5.74) is 4.51. The average Bonchev–Trinajstić information content (AvgIpc) is 3.70. The zero-order valence-electron chi connectivity index (χ0n) is 37.4. The summed E-state index contributed by atoms with van der Waals surface area (Å²) >= 11 is 0. The van der Waals surface area contributed by atoms with Gasteiger partial charge in [0.05, 0.1) is 11.6 Å². The Morgan fingerprint density at radius 1 is 0.918 bits per heavy atom. The van der Waals surface area contributed by atoms with Gasteiger partial charge in [-0.3, -0.25) is 9.00 Å². The average molecular weight is 847 g/mol. The highest BCUT2D eigenvalue weighted by Gasteiger charge is 2.65. The molecule has 7 aliphatic rings. The lowest BCUT2D eigenvalue weighted by Crippen LogP contribution is -2.64. The third-order valence-electron chi connectivity index (χ3n) is 18.2. The normalized spacial score (nSPS) is 37.1. The highest BCUT2D eigenvalue weighted by molar-refractivity contribution is 7.85. The quantitative estimate of drug-likeness (QED) is 0.223. The first kappa shape index (κ1) is 43.0. The highest BCUT2D eigenvalue weighted by atomic mass is 32.2. The number of hydrogen-bond donors (Lipinski definition) is 1. The van der Waals surface area contributed by atoms with Crippen LogP contribution in [0.25, 0.3) is 0 Å². The molecule has 0 spiro atoms. The SMILES string of the molecule is CC1(C)C(C2=CCC(COc3cc(C#N)ccn3)(C(=O)OCc3ccccc3)CC2)=CCC2(C)C1CCC1(C)C3CCC4(NCCN5CCS(=O)CC5)CCCC4C3CCC12. The maximum absolute atomic E-state index is 14.1. The fourth-order valence-electron chi connectivity index (χ4n) is 15.2. The Morgan fingerprint density at radius 3 is 2.51 bits per heavy atom. The number of nitrogens with one attached hydrogen (secondary N) is 1. The van der Waals surface area contributed by atoms with Crippen LogP contribution in [-0.4, -0.2) is 69.9 Å². The molecule has 9 unspecified atom stereocenters. The third-order valence-corrected chi connectivity index (χ3v) is 19.5. The van der Waals surface area contributed by atoms with Gasteiger partial charge in [-0.15, -0.1) is 0 Å². The molecule has 328 valence electrons. The Hall–Kier alpha value is -3.32.